The van der Waals surface area contributed by atoms with Gasteiger partial charge in [0.15, 0.2) is 11.5 Å². The molecule has 1 N–H and O–H groups in total. The molecule has 1 aliphatic rings. The van der Waals surface area contributed by atoms with Crippen molar-refractivity contribution in [2.75, 3.05) is 13.2 Å². The van der Waals surface area contributed by atoms with Crippen LogP contribution in [0.1, 0.15) is 23.4 Å². The van der Waals surface area contributed by atoms with E-state index in [2.05, 4.69) is 52.4 Å². The minimum absolute atomic E-state index is 0.333. The molecule has 1 aromatic carbocycles. The number of halogens is 1. The maximum Gasteiger partial charge on any atom is 0.161 e. The standard InChI is InChI=1S/C15H16BrNO2S/c1-10(14-4-5-15(16)20-14)17-9-11-2-3-12-13(8-11)19-7-6-18-12/h2-5,8,10,17H,6-7,9H2,1H3. The van der Waals surface area contributed by atoms with Crippen LogP contribution in [-0.4, -0.2) is 13.2 Å². The van der Waals surface area contributed by atoms with Crippen molar-refractivity contribution in [1.82, 2.24) is 5.32 Å². The van der Waals surface area contributed by atoms with E-state index in [9.17, 15) is 0 Å². The molecule has 0 fully saturated rings. The number of ether oxygens (including phenoxy) is 2. The quantitative estimate of drug-likeness (QED) is 0.896. The highest BCUT2D eigenvalue weighted by atomic mass is 79.9. The summed E-state index contributed by atoms with van der Waals surface area (Å²) in [7, 11) is 0. The molecule has 1 aromatic heterocycles. The number of nitrogens with one attached hydrogen (secondary N) is 1. The van der Waals surface area contributed by atoms with Crippen molar-refractivity contribution in [2.45, 2.75) is 19.5 Å². The summed E-state index contributed by atoms with van der Waals surface area (Å²) in [5.74, 6) is 1.69. The lowest BCUT2D eigenvalue weighted by molar-refractivity contribution is 0.171. The summed E-state index contributed by atoms with van der Waals surface area (Å²) in [5.41, 5.74) is 1.21. The molecule has 1 aliphatic heterocycles. The number of fused-ring (bicyclic) bond motifs is 1. The second kappa shape index (κ2) is 6.16. The Morgan fingerprint density at radius 1 is 1.20 bits per heavy atom. The van der Waals surface area contributed by atoms with Gasteiger partial charge >= 0.3 is 0 Å². The van der Waals surface area contributed by atoms with Crippen molar-refractivity contribution in [3.05, 3.63) is 44.6 Å². The SMILES string of the molecule is CC(NCc1ccc2c(c1)OCCO2)c1ccc(Br)s1. The highest BCUT2D eigenvalue weighted by molar-refractivity contribution is 9.11. The first-order valence-electron chi connectivity index (χ1n) is 6.59. The minimum atomic E-state index is 0.333. The summed E-state index contributed by atoms with van der Waals surface area (Å²) in [6.07, 6.45) is 0. The normalized spacial score (nSPS) is 15.1. The molecule has 20 heavy (non-hydrogen) atoms. The van der Waals surface area contributed by atoms with E-state index >= 15 is 0 Å². The maximum atomic E-state index is 5.60. The van der Waals surface area contributed by atoms with Crippen molar-refractivity contribution in [2.24, 2.45) is 0 Å². The molecule has 0 saturated carbocycles. The van der Waals surface area contributed by atoms with Crippen LogP contribution in [0.4, 0.5) is 0 Å². The zero-order chi connectivity index (χ0) is 13.9. The Morgan fingerprint density at radius 3 is 2.75 bits per heavy atom. The highest BCUT2D eigenvalue weighted by Gasteiger charge is 2.12. The molecule has 3 rings (SSSR count). The number of benzene rings is 1. The van der Waals surface area contributed by atoms with E-state index in [-0.39, 0.29) is 0 Å². The van der Waals surface area contributed by atoms with E-state index < -0.39 is 0 Å². The Kier molecular flexibility index (Phi) is 4.29. The lowest BCUT2D eigenvalue weighted by Crippen LogP contribution is -2.18. The van der Waals surface area contributed by atoms with Crippen molar-refractivity contribution in [3.63, 3.8) is 0 Å². The monoisotopic (exact) mass is 353 g/mol. The lowest BCUT2D eigenvalue weighted by atomic mass is 10.1. The molecule has 1 atom stereocenters. The van der Waals surface area contributed by atoms with Gasteiger partial charge in [-0.2, -0.15) is 0 Å². The third-order valence-corrected chi connectivity index (χ3v) is 5.05. The van der Waals surface area contributed by atoms with Crippen LogP contribution in [0.2, 0.25) is 0 Å². The fourth-order valence-electron chi connectivity index (χ4n) is 2.13. The Labute approximate surface area is 131 Å². The van der Waals surface area contributed by atoms with Crippen molar-refractivity contribution < 1.29 is 9.47 Å². The predicted octanol–water partition coefficient (Wildman–Crippen LogP) is 4.13. The number of hydrogen-bond acceptors (Lipinski definition) is 4. The average Bonchev–Trinajstić information content (AvgIpc) is 2.91. The summed E-state index contributed by atoms with van der Waals surface area (Å²) < 4.78 is 12.3. The molecule has 2 aromatic rings. The van der Waals surface area contributed by atoms with E-state index in [1.165, 1.54) is 14.2 Å². The molecule has 0 spiro atoms. The maximum absolute atomic E-state index is 5.60. The van der Waals surface area contributed by atoms with Crippen LogP contribution in [0, 0.1) is 0 Å². The van der Waals surface area contributed by atoms with Crippen LogP contribution >= 0.6 is 27.3 Å². The second-order valence-corrected chi connectivity index (χ2v) is 7.22. The summed E-state index contributed by atoms with van der Waals surface area (Å²) in [6, 6.07) is 10.7. The van der Waals surface area contributed by atoms with Gasteiger partial charge in [0, 0.05) is 17.5 Å². The van der Waals surface area contributed by atoms with Crippen molar-refractivity contribution in [1.29, 1.82) is 0 Å². The summed E-state index contributed by atoms with van der Waals surface area (Å²) in [6.45, 7) is 4.25. The van der Waals surface area contributed by atoms with E-state index in [0.29, 0.717) is 19.3 Å². The van der Waals surface area contributed by atoms with Crippen LogP contribution in [0.5, 0.6) is 11.5 Å². The molecule has 1 unspecified atom stereocenters. The number of hydrogen-bond donors (Lipinski definition) is 1. The molecule has 0 radical (unpaired) electrons. The summed E-state index contributed by atoms with van der Waals surface area (Å²) in [4.78, 5) is 1.33. The Balaban J connectivity index is 1.63. The average molecular weight is 354 g/mol. The zero-order valence-corrected chi connectivity index (χ0v) is 13.6. The van der Waals surface area contributed by atoms with Gasteiger partial charge in [0.05, 0.1) is 3.79 Å². The van der Waals surface area contributed by atoms with Gasteiger partial charge in [-0.3, -0.25) is 0 Å². The van der Waals surface area contributed by atoms with Gasteiger partial charge in [-0.25, -0.2) is 0 Å². The molecule has 0 aliphatic carbocycles. The van der Waals surface area contributed by atoms with Gasteiger partial charge < -0.3 is 14.8 Å². The van der Waals surface area contributed by atoms with Crippen molar-refractivity contribution in [3.8, 4) is 11.5 Å². The molecule has 5 heteroatoms. The molecule has 2 heterocycles. The second-order valence-electron chi connectivity index (χ2n) is 4.72. The number of thiophene rings is 1. The molecule has 0 amide bonds. The fraction of sp³-hybridized carbons (Fsp3) is 0.333. The van der Waals surface area contributed by atoms with E-state index in [4.69, 9.17) is 9.47 Å². The molecule has 0 saturated heterocycles. The molecular weight excluding hydrogens is 338 g/mol. The van der Waals surface area contributed by atoms with Crippen LogP contribution < -0.4 is 14.8 Å². The topological polar surface area (TPSA) is 30.5 Å². The smallest absolute Gasteiger partial charge is 0.161 e. The largest absolute Gasteiger partial charge is 0.486 e. The lowest BCUT2D eigenvalue weighted by Gasteiger charge is -2.19. The van der Waals surface area contributed by atoms with Crippen LogP contribution in [0.15, 0.2) is 34.1 Å². The van der Waals surface area contributed by atoms with Gasteiger partial charge in [-0.15, -0.1) is 11.3 Å². The first-order chi connectivity index (χ1) is 9.72. The van der Waals surface area contributed by atoms with Gasteiger partial charge in [0.2, 0.25) is 0 Å². The highest BCUT2D eigenvalue weighted by Crippen LogP contribution is 2.31. The summed E-state index contributed by atoms with van der Waals surface area (Å²) >= 11 is 5.26. The zero-order valence-electron chi connectivity index (χ0n) is 11.2. The Morgan fingerprint density at radius 2 is 2.00 bits per heavy atom. The Hall–Kier alpha value is -1.04. The molecule has 0 bridgehead atoms. The first kappa shape index (κ1) is 13.9. The van der Waals surface area contributed by atoms with E-state index in [0.717, 1.165) is 18.0 Å². The van der Waals surface area contributed by atoms with E-state index in [1.54, 1.807) is 11.3 Å². The Bertz CT molecular complexity index is 599. The predicted molar refractivity (Wildman–Crippen MR) is 84.7 cm³/mol. The minimum Gasteiger partial charge on any atom is -0.486 e. The van der Waals surface area contributed by atoms with Crippen molar-refractivity contribution >= 4 is 27.3 Å². The fourth-order valence-corrected chi connectivity index (χ4v) is 3.58. The van der Waals surface area contributed by atoms with Crippen LogP contribution in [0.3, 0.4) is 0 Å². The van der Waals surface area contributed by atoms with Crippen LogP contribution in [0.25, 0.3) is 0 Å². The molecule has 106 valence electrons. The van der Waals surface area contributed by atoms with E-state index in [1.807, 2.05) is 6.07 Å². The molecular formula is C15H16BrNO2S. The number of rotatable bonds is 4. The van der Waals surface area contributed by atoms with Gasteiger partial charge in [-0.1, -0.05) is 6.07 Å². The van der Waals surface area contributed by atoms with Crippen LogP contribution in [-0.2, 0) is 6.54 Å². The third-order valence-electron chi connectivity index (χ3n) is 3.24. The summed E-state index contributed by atoms with van der Waals surface area (Å²) in [5, 5.41) is 3.53. The van der Waals surface area contributed by atoms with Gasteiger partial charge in [0.25, 0.3) is 0 Å². The van der Waals surface area contributed by atoms with Gasteiger partial charge in [0.1, 0.15) is 13.2 Å². The first-order valence-corrected chi connectivity index (χ1v) is 8.20. The van der Waals surface area contributed by atoms with Gasteiger partial charge in [-0.05, 0) is 52.7 Å². The molecule has 3 nitrogen and oxygen atoms in total. The third kappa shape index (κ3) is 3.16.